The summed E-state index contributed by atoms with van der Waals surface area (Å²) in [5.41, 5.74) is 0.114. The maximum atomic E-state index is 14.5. The van der Waals surface area contributed by atoms with Gasteiger partial charge in [-0.15, -0.1) is 0 Å². The van der Waals surface area contributed by atoms with E-state index < -0.39 is 35.5 Å². The SMILES string of the molecule is O=C1CCC(N2C(=O)c3ccc(F)c(N4CCOCC4)c3C2=O)C(=O)N1. The molecule has 136 valence electrons. The summed E-state index contributed by atoms with van der Waals surface area (Å²) in [6.45, 7) is 1.57. The second-order valence-corrected chi connectivity index (χ2v) is 6.37. The van der Waals surface area contributed by atoms with E-state index in [1.54, 1.807) is 4.90 Å². The molecule has 1 N–H and O–H groups in total. The van der Waals surface area contributed by atoms with Crippen LogP contribution in [0.4, 0.5) is 10.1 Å². The molecule has 4 rings (SSSR count). The van der Waals surface area contributed by atoms with Crippen molar-refractivity contribution in [3.05, 3.63) is 29.1 Å². The van der Waals surface area contributed by atoms with Crippen molar-refractivity contribution >= 4 is 29.3 Å². The summed E-state index contributed by atoms with van der Waals surface area (Å²) >= 11 is 0. The molecule has 2 saturated heterocycles. The molecule has 0 aromatic heterocycles. The first-order chi connectivity index (χ1) is 12.5. The normalized spacial score (nSPS) is 23.3. The molecule has 1 atom stereocenters. The van der Waals surface area contributed by atoms with Gasteiger partial charge in [-0.25, -0.2) is 4.39 Å². The zero-order valence-corrected chi connectivity index (χ0v) is 13.8. The smallest absolute Gasteiger partial charge is 0.264 e. The molecule has 0 radical (unpaired) electrons. The summed E-state index contributed by atoms with van der Waals surface area (Å²) in [5, 5.41) is 2.14. The summed E-state index contributed by atoms with van der Waals surface area (Å²) in [6.07, 6.45) is 0.0972. The van der Waals surface area contributed by atoms with Gasteiger partial charge in [-0.2, -0.15) is 0 Å². The minimum absolute atomic E-state index is 0.0263. The average molecular weight is 361 g/mol. The Balaban J connectivity index is 1.74. The van der Waals surface area contributed by atoms with Gasteiger partial charge in [-0.1, -0.05) is 0 Å². The van der Waals surface area contributed by atoms with Crippen molar-refractivity contribution < 1.29 is 28.3 Å². The fourth-order valence-corrected chi connectivity index (χ4v) is 3.61. The number of carbonyl (C=O) groups excluding carboxylic acids is 4. The van der Waals surface area contributed by atoms with Crippen LogP contribution >= 0.6 is 0 Å². The van der Waals surface area contributed by atoms with Gasteiger partial charge in [-0.3, -0.25) is 29.4 Å². The molecular formula is C17H16FN3O5. The van der Waals surface area contributed by atoms with Gasteiger partial charge < -0.3 is 9.64 Å². The minimum atomic E-state index is -1.07. The van der Waals surface area contributed by atoms with Crippen LogP contribution in [0.15, 0.2) is 12.1 Å². The Morgan fingerprint density at radius 3 is 2.50 bits per heavy atom. The number of halogens is 1. The van der Waals surface area contributed by atoms with E-state index in [1.807, 2.05) is 0 Å². The summed E-state index contributed by atoms with van der Waals surface area (Å²) in [4.78, 5) is 51.7. The van der Waals surface area contributed by atoms with Gasteiger partial charge >= 0.3 is 0 Å². The number of imide groups is 2. The third kappa shape index (κ3) is 2.47. The standard InChI is InChI=1S/C17H16FN3O5/c18-10-2-1-9-13(14(10)20-5-7-26-8-6-20)17(25)21(16(9)24)11-3-4-12(22)19-15(11)23/h1-2,11H,3-8H2,(H,19,22,23). The molecule has 0 aliphatic carbocycles. The number of rotatable bonds is 2. The fraction of sp³-hybridized carbons (Fsp3) is 0.412. The molecule has 9 heteroatoms. The monoisotopic (exact) mass is 361 g/mol. The van der Waals surface area contributed by atoms with Gasteiger partial charge in [0.05, 0.1) is 30.0 Å². The summed E-state index contributed by atoms with van der Waals surface area (Å²) in [7, 11) is 0. The molecule has 3 aliphatic rings. The Labute approximate surface area is 147 Å². The number of nitrogens with zero attached hydrogens (tertiary/aromatic N) is 2. The van der Waals surface area contributed by atoms with Gasteiger partial charge in [0.25, 0.3) is 11.8 Å². The lowest BCUT2D eigenvalue weighted by atomic mass is 10.0. The number of fused-ring (bicyclic) bond motifs is 1. The van der Waals surface area contributed by atoms with Gasteiger partial charge in [0, 0.05) is 19.5 Å². The molecule has 3 aliphatic heterocycles. The van der Waals surface area contributed by atoms with E-state index in [-0.39, 0.29) is 29.7 Å². The predicted octanol–water partition coefficient (Wildman–Crippen LogP) is 0.0635. The van der Waals surface area contributed by atoms with Crippen molar-refractivity contribution in [2.45, 2.75) is 18.9 Å². The van der Waals surface area contributed by atoms with Crippen LogP contribution in [0, 0.1) is 5.82 Å². The largest absolute Gasteiger partial charge is 0.378 e. The van der Waals surface area contributed by atoms with E-state index in [0.29, 0.717) is 26.3 Å². The van der Waals surface area contributed by atoms with Gasteiger partial charge in [0.2, 0.25) is 11.8 Å². The van der Waals surface area contributed by atoms with Crippen molar-refractivity contribution in [2.75, 3.05) is 31.2 Å². The maximum absolute atomic E-state index is 14.5. The zero-order chi connectivity index (χ0) is 18.4. The highest BCUT2D eigenvalue weighted by atomic mass is 19.1. The Bertz CT molecular complexity index is 834. The second-order valence-electron chi connectivity index (χ2n) is 6.37. The minimum Gasteiger partial charge on any atom is -0.378 e. The molecule has 3 heterocycles. The van der Waals surface area contributed by atoms with Crippen LogP contribution in [0.5, 0.6) is 0 Å². The number of hydrogen-bond donors (Lipinski definition) is 1. The van der Waals surface area contributed by atoms with Crippen molar-refractivity contribution in [3.8, 4) is 0 Å². The molecule has 0 bridgehead atoms. The van der Waals surface area contributed by atoms with Gasteiger partial charge in [0.15, 0.2) is 0 Å². The zero-order valence-electron chi connectivity index (χ0n) is 13.8. The number of ether oxygens (including phenoxy) is 1. The lowest BCUT2D eigenvalue weighted by Crippen LogP contribution is -2.54. The number of amides is 4. The van der Waals surface area contributed by atoms with Crippen molar-refractivity contribution in [3.63, 3.8) is 0 Å². The molecule has 26 heavy (non-hydrogen) atoms. The number of benzene rings is 1. The summed E-state index contributed by atoms with van der Waals surface area (Å²) in [6, 6.07) is 1.35. The summed E-state index contributed by atoms with van der Waals surface area (Å²) in [5.74, 6) is -3.08. The van der Waals surface area contributed by atoms with E-state index in [2.05, 4.69) is 5.32 Å². The van der Waals surface area contributed by atoms with Crippen molar-refractivity contribution in [1.82, 2.24) is 10.2 Å². The number of nitrogens with one attached hydrogen (secondary N) is 1. The number of hydrogen-bond acceptors (Lipinski definition) is 6. The molecule has 1 aromatic rings. The first kappa shape index (κ1) is 16.6. The van der Waals surface area contributed by atoms with E-state index in [1.165, 1.54) is 6.07 Å². The van der Waals surface area contributed by atoms with Crippen LogP contribution in [0.3, 0.4) is 0 Å². The lowest BCUT2D eigenvalue weighted by Gasteiger charge is -2.31. The van der Waals surface area contributed by atoms with Crippen LogP contribution in [-0.2, 0) is 14.3 Å². The molecule has 4 amide bonds. The predicted molar refractivity (Wildman–Crippen MR) is 86.1 cm³/mol. The Hall–Kier alpha value is -2.81. The van der Waals surface area contributed by atoms with E-state index in [4.69, 9.17) is 4.74 Å². The molecule has 2 fully saturated rings. The van der Waals surface area contributed by atoms with Crippen molar-refractivity contribution in [2.24, 2.45) is 0 Å². The van der Waals surface area contributed by atoms with Crippen LogP contribution in [-0.4, -0.2) is 60.9 Å². The van der Waals surface area contributed by atoms with Crippen molar-refractivity contribution in [1.29, 1.82) is 0 Å². The van der Waals surface area contributed by atoms with E-state index in [9.17, 15) is 23.6 Å². The Morgan fingerprint density at radius 2 is 1.81 bits per heavy atom. The first-order valence-corrected chi connectivity index (χ1v) is 8.36. The summed E-state index contributed by atoms with van der Waals surface area (Å²) < 4.78 is 19.8. The average Bonchev–Trinajstić information content (AvgIpc) is 2.87. The lowest BCUT2D eigenvalue weighted by molar-refractivity contribution is -0.136. The maximum Gasteiger partial charge on any atom is 0.264 e. The highest BCUT2D eigenvalue weighted by Crippen LogP contribution is 2.36. The third-order valence-electron chi connectivity index (χ3n) is 4.86. The molecule has 1 aromatic carbocycles. The first-order valence-electron chi connectivity index (χ1n) is 8.36. The van der Waals surface area contributed by atoms with E-state index in [0.717, 1.165) is 11.0 Å². The molecule has 1 unspecified atom stereocenters. The van der Waals surface area contributed by atoms with Crippen LogP contribution < -0.4 is 10.2 Å². The topological polar surface area (TPSA) is 96.0 Å². The highest BCUT2D eigenvalue weighted by Gasteiger charge is 2.46. The number of anilines is 1. The quantitative estimate of drug-likeness (QED) is 0.749. The van der Waals surface area contributed by atoms with Crippen LogP contribution in [0.1, 0.15) is 33.6 Å². The number of morpholine rings is 1. The van der Waals surface area contributed by atoms with Gasteiger partial charge in [-0.05, 0) is 18.6 Å². The highest BCUT2D eigenvalue weighted by molar-refractivity contribution is 6.25. The number of carbonyl (C=O) groups is 4. The van der Waals surface area contributed by atoms with Crippen LogP contribution in [0.2, 0.25) is 0 Å². The van der Waals surface area contributed by atoms with E-state index >= 15 is 0 Å². The second kappa shape index (κ2) is 6.17. The molecule has 8 nitrogen and oxygen atoms in total. The molecular weight excluding hydrogens is 345 g/mol. The number of piperidine rings is 1. The Morgan fingerprint density at radius 1 is 1.08 bits per heavy atom. The van der Waals surface area contributed by atoms with Gasteiger partial charge in [0.1, 0.15) is 11.9 Å². The third-order valence-corrected chi connectivity index (χ3v) is 4.86. The van der Waals surface area contributed by atoms with Crippen LogP contribution in [0.25, 0.3) is 0 Å². The fourth-order valence-electron chi connectivity index (χ4n) is 3.61. The molecule has 0 spiro atoms. The molecule has 0 saturated carbocycles. The Kier molecular flexibility index (Phi) is 3.95.